The number of pyridine rings is 2. The van der Waals surface area contributed by atoms with Crippen molar-refractivity contribution in [3.05, 3.63) is 82.2 Å². The van der Waals surface area contributed by atoms with Gasteiger partial charge in [0.2, 0.25) is 0 Å². The summed E-state index contributed by atoms with van der Waals surface area (Å²) < 4.78 is 92.1. The van der Waals surface area contributed by atoms with Crippen LogP contribution in [0, 0.1) is 6.92 Å². The number of rotatable bonds is 3. The molecule has 0 saturated carbocycles. The van der Waals surface area contributed by atoms with E-state index in [9.17, 15) is 35.9 Å². The molecule has 2 aromatic heterocycles. The van der Waals surface area contributed by atoms with Crippen LogP contribution in [-0.4, -0.2) is 30.0 Å². The maximum Gasteiger partial charge on any atom is 0.416 e. The fourth-order valence-electron chi connectivity index (χ4n) is 3.77. The molecule has 6 nitrogen and oxygen atoms in total. The van der Waals surface area contributed by atoms with Crippen molar-refractivity contribution in [3.63, 3.8) is 0 Å². The van der Waals surface area contributed by atoms with Crippen LogP contribution < -0.4 is 0 Å². The van der Waals surface area contributed by atoms with Crippen molar-refractivity contribution >= 4 is 44.9 Å². The van der Waals surface area contributed by atoms with Gasteiger partial charge in [-0.25, -0.2) is 9.97 Å². The minimum atomic E-state index is -4.41. The van der Waals surface area contributed by atoms with Crippen LogP contribution in [-0.2, 0) is 30.3 Å². The van der Waals surface area contributed by atoms with E-state index in [1.54, 1.807) is 19.1 Å². The van der Waals surface area contributed by atoms with Crippen molar-refractivity contribution in [2.75, 3.05) is 0 Å². The van der Waals surface area contributed by atoms with Crippen LogP contribution in [0.1, 0.15) is 64.0 Å². The van der Waals surface area contributed by atoms with E-state index in [0.717, 1.165) is 29.8 Å². The van der Waals surface area contributed by atoms with E-state index < -0.39 is 35.1 Å². The number of nitrogens with zero attached hydrogens (tertiary/aromatic N) is 2. The molecule has 13 heteroatoms. The summed E-state index contributed by atoms with van der Waals surface area (Å²) in [6.45, 7) is 6.29. The summed E-state index contributed by atoms with van der Waals surface area (Å²) in [4.78, 5) is 30.8. The Kier molecular flexibility index (Phi) is 10.4. The number of hydrogen-bond donors (Lipinski definition) is 0. The normalized spacial score (nSPS) is 11.2. The summed E-state index contributed by atoms with van der Waals surface area (Å²) in [7, 11) is 0. The average molecular weight is 585 g/mol. The molecule has 2 aromatic carbocycles. The molecule has 0 fully saturated rings. The highest BCUT2D eigenvalue weighted by Crippen LogP contribution is 2.32. The summed E-state index contributed by atoms with van der Waals surface area (Å²) in [5.74, 6) is -0.497. The Balaban J connectivity index is 0.000000256. The lowest BCUT2D eigenvalue weighted by molar-refractivity contribution is -0.138. The quantitative estimate of drug-likeness (QED) is 0.188. The molecule has 0 aliphatic rings. The number of fused-ring (bicyclic) bond motifs is 2. The first-order valence-electron chi connectivity index (χ1n) is 11.5. The van der Waals surface area contributed by atoms with Gasteiger partial charge in [-0.1, -0.05) is 19.1 Å². The molecule has 2 heterocycles. The van der Waals surface area contributed by atoms with Gasteiger partial charge in [0.25, 0.3) is 0 Å². The first kappa shape index (κ1) is 32.2. The number of carbonyl (C=O) groups excluding carboxylic acids is 2. The number of halogens is 6. The molecule has 0 N–H and O–H groups in total. The van der Waals surface area contributed by atoms with Crippen molar-refractivity contribution < 1.29 is 44.3 Å². The lowest BCUT2D eigenvalue weighted by Crippen LogP contribution is -2.06. The van der Waals surface area contributed by atoms with E-state index in [4.69, 9.17) is 8.42 Å². The molecule has 0 amide bonds. The van der Waals surface area contributed by atoms with Crippen LogP contribution in [0.3, 0.4) is 0 Å². The van der Waals surface area contributed by atoms with Gasteiger partial charge in [-0.3, -0.25) is 9.59 Å². The predicted molar refractivity (Wildman–Crippen MR) is 137 cm³/mol. The molecule has 0 unspecified atom stereocenters. The second kappa shape index (κ2) is 12.9. The predicted octanol–water partition coefficient (Wildman–Crippen LogP) is 7.11. The first-order chi connectivity index (χ1) is 18.5. The minimum Gasteiger partial charge on any atom is -0.293 e. The zero-order chi connectivity index (χ0) is 30.4. The van der Waals surface area contributed by atoms with Gasteiger partial charge in [-0.2, -0.15) is 34.8 Å². The van der Waals surface area contributed by atoms with E-state index in [2.05, 4.69) is 9.97 Å². The molecule has 40 heavy (non-hydrogen) atoms. The molecule has 0 atom stereocenters. The highest BCUT2D eigenvalue weighted by atomic mass is 32.1. The largest absolute Gasteiger partial charge is 0.416 e. The molecule has 4 rings (SSSR count). The van der Waals surface area contributed by atoms with Gasteiger partial charge >= 0.3 is 23.9 Å². The summed E-state index contributed by atoms with van der Waals surface area (Å²) in [5, 5.41) is 1.19. The summed E-state index contributed by atoms with van der Waals surface area (Å²) >= 11 is -0.750. The zero-order valence-electron chi connectivity index (χ0n) is 21.5. The summed E-state index contributed by atoms with van der Waals surface area (Å²) in [6.07, 6.45) is -8.20. The van der Waals surface area contributed by atoms with Gasteiger partial charge in [0.05, 0.1) is 22.2 Å². The van der Waals surface area contributed by atoms with Crippen LogP contribution in [0.4, 0.5) is 26.3 Å². The van der Waals surface area contributed by atoms with Gasteiger partial charge < -0.3 is 0 Å². The van der Waals surface area contributed by atoms with Crippen molar-refractivity contribution in [2.45, 2.75) is 46.5 Å². The molecule has 0 saturated heterocycles. The number of carbonyl (C=O) groups is 2. The third-order valence-electron chi connectivity index (χ3n) is 5.61. The topological polar surface area (TPSA) is 94.1 Å². The number of alkyl halides is 6. The Labute approximate surface area is 228 Å². The highest BCUT2D eigenvalue weighted by molar-refractivity contribution is 7.51. The minimum absolute atomic E-state index is 0.181. The van der Waals surface area contributed by atoms with Crippen LogP contribution in [0.2, 0.25) is 0 Å². The molecule has 0 radical (unpaired) electrons. The van der Waals surface area contributed by atoms with Crippen molar-refractivity contribution in [1.29, 1.82) is 0 Å². The second-order valence-electron chi connectivity index (χ2n) is 8.49. The fourth-order valence-corrected chi connectivity index (χ4v) is 3.77. The Morgan fingerprint density at radius 1 is 0.725 bits per heavy atom. The third-order valence-corrected chi connectivity index (χ3v) is 5.61. The molecule has 0 aliphatic heterocycles. The van der Waals surface area contributed by atoms with Gasteiger partial charge in [0, 0.05) is 24.6 Å². The van der Waals surface area contributed by atoms with Gasteiger partial charge in [-0.15, -0.1) is 0 Å². The number of benzene rings is 2. The maximum absolute atomic E-state index is 12.6. The van der Waals surface area contributed by atoms with Crippen LogP contribution >= 0.6 is 0 Å². The van der Waals surface area contributed by atoms with Crippen molar-refractivity contribution in [1.82, 2.24) is 9.97 Å². The lowest BCUT2D eigenvalue weighted by Gasteiger charge is -2.10. The van der Waals surface area contributed by atoms with Gasteiger partial charge in [0.1, 0.15) is 11.4 Å². The Bertz CT molecular complexity index is 1610. The molecule has 4 aromatic rings. The first-order valence-corrected chi connectivity index (χ1v) is 12.1. The Morgan fingerprint density at radius 2 is 1.12 bits per heavy atom. The van der Waals surface area contributed by atoms with E-state index in [1.165, 1.54) is 26.0 Å². The average Bonchev–Trinajstić information content (AvgIpc) is 2.86. The Hall–Kier alpha value is -4.00. The van der Waals surface area contributed by atoms with E-state index >= 15 is 0 Å². The second-order valence-corrected chi connectivity index (χ2v) is 8.63. The van der Waals surface area contributed by atoms with E-state index in [-0.39, 0.29) is 34.0 Å². The smallest absolute Gasteiger partial charge is 0.293 e. The van der Waals surface area contributed by atoms with E-state index in [0.29, 0.717) is 22.8 Å². The van der Waals surface area contributed by atoms with Crippen LogP contribution in [0.25, 0.3) is 21.8 Å². The molecule has 0 bridgehead atoms. The van der Waals surface area contributed by atoms with E-state index in [1.807, 2.05) is 6.92 Å². The summed E-state index contributed by atoms with van der Waals surface area (Å²) in [5.41, 5.74) is 0.718. The maximum atomic E-state index is 12.6. The number of hydrogen-bond acceptors (Lipinski definition) is 6. The SMILES string of the molecule is CC(=O)c1nc2cc(C(F)(F)F)ccc2cc1C.CCc1cc2ccc(C(F)(F)F)cc2nc1C(C)=O.O=S=O. The standard InChI is InChI=1S/C14H12F3NO.C13H10F3NO.O2S/c1-3-9-6-10-4-5-11(14(15,16)17)7-12(10)18-13(9)8(2)19;1-7-5-9-3-4-10(13(14,15)16)6-11(9)17-12(7)8(2)18;1-3-2/h4-7H,3H2,1-2H3;3-6H,1-2H3;. The molecule has 0 aliphatic carbocycles. The lowest BCUT2D eigenvalue weighted by atomic mass is 10.0. The highest BCUT2D eigenvalue weighted by Gasteiger charge is 2.31. The fraction of sp³-hybridized carbons (Fsp3) is 0.259. The Morgan fingerprint density at radius 3 is 1.50 bits per heavy atom. The molecular weight excluding hydrogens is 562 g/mol. The molecule has 212 valence electrons. The monoisotopic (exact) mass is 584 g/mol. The van der Waals surface area contributed by atoms with Gasteiger partial charge in [-0.05, 0) is 60.9 Å². The number of ketones is 2. The third kappa shape index (κ3) is 8.01. The van der Waals surface area contributed by atoms with Gasteiger partial charge in [0.15, 0.2) is 11.6 Å². The molecular formula is C27H22F6N2O4S. The van der Waals surface area contributed by atoms with Crippen LogP contribution in [0.5, 0.6) is 0 Å². The van der Waals surface area contributed by atoms with Crippen LogP contribution in [0.15, 0.2) is 48.5 Å². The van der Waals surface area contributed by atoms with Crippen molar-refractivity contribution in [2.24, 2.45) is 0 Å². The molecule has 0 spiro atoms. The number of Topliss-reactive ketones (excluding diaryl/α,β-unsaturated/α-hetero) is 2. The number of aryl methyl sites for hydroxylation is 2. The summed E-state index contributed by atoms with van der Waals surface area (Å²) in [6, 6.07) is 10.1. The van der Waals surface area contributed by atoms with Crippen molar-refractivity contribution in [3.8, 4) is 0 Å². The number of aromatic nitrogens is 2. The zero-order valence-corrected chi connectivity index (χ0v) is 22.3.